The molecule has 18 heavy (non-hydrogen) atoms. The highest BCUT2D eigenvalue weighted by Gasteiger charge is 2.19. The van der Waals surface area contributed by atoms with Crippen LogP contribution in [0.4, 0.5) is 0 Å². The summed E-state index contributed by atoms with van der Waals surface area (Å²) in [5.74, 6) is 0. The average Bonchev–Trinajstić information content (AvgIpc) is 2.36. The maximum Gasteiger partial charge on any atom is 0.143 e. The van der Waals surface area contributed by atoms with Gasteiger partial charge in [-0.05, 0) is 24.7 Å². The number of thioether (sulfide) groups is 1. The number of thiocarbonyl (C=S) groups is 2. The van der Waals surface area contributed by atoms with Crippen LogP contribution in [0.5, 0.6) is 0 Å². The van der Waals surface area contributed by atoms with Crippen molar-refractivity contribution in [3.05, 3.63) is 0 Å². The van der Waals surface area contributed by atoms with Gasteiger partial charge in [-0.2, -0.15) is 0 Å². The van der Waals surface area contributed by atoms with E-state index in [0.29, 0.717) is 0 Å². The van der Waals surface area contributed by atoms with Gasteiger partial charge in [-0.1, -0.05) is 37.8 Å². The second-order valence-corrected chi connectivity index (χ2v) is 6.98. The first-order chi connectivity index (χ1) is 8.54. The summed E-state index contributed by atoms with van der Waals surface area (Å²) in [6.45, 7) is 7.77. The molecule has 0 saturated carbocycles. The molecule has 6 heteroatoms. The van der Waals surface area contributed by atoms with Crippen LogP contribution in [0, 0.1) is 0 Å². The zero-order valence-corrected chi connectivity index (χ0v) is 14.0. The molecule has 1 fully saturated rings. The average molecular weight is 306 g/mol. The van der Waals surface area contributed by atoms with Crippen molar-refractivity contribution in [1.29, 1.82) is 0 Å². The van der Waals surface area contributed by atoms with Gasteiger partial charge >= 0.3 is 0 Å². The molecule has 0 aromatic carbocycles. The third-order valence-electron chi connectivity index (χ3n) is 3.00. The minimum absolute atomic E-state index is 0.841. The molecule has 1 rings (SSSR count). The van der Waals surface area contributed by atoms with E-state index in [1.165, 1.54) is 31.1 Å². The lowest BCUT2D eigenvalue weighted by molar-refractivity contribution is 0.183. The quantitative estimate of drug-likeness (QED) is 0.735. The van der Waals surface area contributed by atoms with Crippen LogP contribution in [0.25, 0.3) is 0 Å². The van der Waals surface area contributed by atoms with E-state index in [1.807, 2.05) is 19.0 Å². The molecule has 1 aliphatic rings. The molecule has 1 saturated heterocycles. The van der Waals surface area contributed by atoms with Crippen molar-refractivity contribution >= 4 is 44.8 Å². The molecule has 0 bridgehead atoms. The summed E-state index contributed by atoms with van der Waals surface area (Å²) in [7, 11) is 3.92. The van der Waals surface area contributed by atoms with E-state index < -0.39 is 0 Å². The molecule has 0 spiro atoms. The van der Waals surface area contributed by atoms with Crippen LogP contribution in [-0.2, 0) is 0 Å². The maximum absolute atomic E-state index is 5.45. The van der Waals surface area contributed by atoms with Crippen LogP contribution < -0.4 is 0 Å². The Morgan fingerprint density at radius 2 is 1.78 bits per heavy atom. The molecule has 0 radical (unpaired) electrons. The zero-order valence-electron chi connectivity index (χ0n) is 11.5. The van der Waals surface area contributed by atoms with Crippen molar-refractivity contribution in [3.8, 4) is 0 Å². The monoisotopic (exact) mass is 305 g/mol. The van der Waals surface area contributed by atoms with Crippen LogP contribution in [-0.4, -0.2) is 70.2 Å². The van der Waals surface area contributed by atoms with E-state index in [-0.39, 0.29) is 0 Å². The zero-order chi connectivity index (χ0) is 13.5. The number of unbranched alkanes of at least 4 members (excludes halogenated alkanes) is 1. The molecular formula is C12H23N3S3. The third-order valence-corrected chi connectivity index (χ3v) is 5.09. The smallest absolute Gasteiger partial charge is 0.143 e. The Bertz CT molecular complexity index is 286. The fourth-order valence-electron chi connectivity index (χ4n) is 1.77. The molecule has 3 nitrogen and oxygen atoms in total. The summed E-state index contributed by atoms with van der Waals surface area (Å²) in [4.78, 5) is 6.74. The molecule has 1 heterocycles. The van der Waals surface area contributed by atoms with Crippen molar-refractivity contribution < 1.29 is 0 Å². The SMILES string of the molecule is CCCCN1CCN(C(=S)SC(=S)N(C)C)CC1. The second kappa shape index (κ2) is 8.30. The fraction of sp³-hybridized carbons (Fsp3) is 0.833. The third kappa shape index (κ3) is 5.38. The normalized spacial score (nSPS) is 16.7. The van der Waals surface area contributed by atoms with Gasteiger partial charge in [-0.3, -0.25) is 4.90 Å². The summed E-state index contributed by atoms with van der Waals surface area (Å²) < 4.78 is 1.76. The van der Waals surface area contributed by atoms with Crippen LogP contribution in [0.3, 0.4) is 0 Å². The molecule has 1 aliphatic heterocycles. The number of piperazine rings is 1. The second-order valence-electron chi connectivity index (χ2n) is 4.71. The van der Waals surface area contributed by atoms with Gasteiger partial charge in [0.15, 0.2) is 0 Å². The Morgan fingerprint density at radius 1 is 1.17 bits per heavy atom. The molecule has 0 unspecified atom stereocenters. The first-order valence-electron chi connectivity index (χ1n) is 6.45. The Balaban J connectivity index is 2.29. The van der Waals surface area contributed by atoms with Crippen molar-refractivity contribution in [2.45, 2.75) is 19.8 Å². The highest BCUT2D eigenvalue weighted by Crippen LogP contribution is 2.15. The minimum Gasteiger partial charge on any atom is -0.363 e. The first kappa shape index (κ1) is 16.1. The summed E-state index contributed by atoms with van der Waals surface area (Å²) in [5.41, 5.74) is 0. The summed E-state index contributed by atoms with van der Waals surface area (Å²) in [6, 6.07) is 0. The molecule has 0 amide bonds. The van der Waals surface area contributed by atoms with E-state index in [9.17, 15) is 0 Å². The van der Waals surface area contributed by atoms with Crippen LogP contribution >= 0.6 is 36.2 Å². The van der Waals surface area contributed by atoms with E-state index in [1.54, 1.807) is 0 Å². The lowest BCUT2D eigenvalue weighted by atomic mass is 10.3. The van der Waals surface area contributed by atoms with E-state index in [0.717, 1.165) is 34.8 Å². The Kier molecular flexibility index (Phi) is 7.44. The largest absolute Gasteiger partial charge is 0.363 e. The fourth-order valence-corrected chi connectivity index (χ4v) is 3.22. The number of hydrogen-bond donors (Lipinski definition) is 0. The molecular weight excluding hydrogens is 282 g/mol. The predicted molar refractivity (Wildman–Crippen MR) is 89.4 cm³/mol. The Labute approximate surface area is 126 Å². The van der Waals surface area contributed by atoms with Gasteiger partial charge in [0.05, 0.1) is 0 Å². The molecule has 0 aliphatic carbocycles. The van der Waals surface area contributed by atoms with Crippen molar-refractivity contribution in [3.63, 3.8) is 0 Å². The topological polar surface area (TPSA) is 9.72 Å². The van der Waals surface area contributed by atoms with E-state index >= 15 is 0 Å². The van der Waals surface area contributed by atoms with Gasteiger partial charge in [-0.15, -0.1) is 0 Å². The minimum atomic E-state index is 0.841. The number of rotatable bonds is 3. The number of nitrogens with zero attached hydrogens (tertiary/aromatic N) is 3. The molecule has 104 valence electrons. The van der Waals surface area contributed by atoms with Gasteiger partial charge in [0.2, 0.25) is 0 Å². The van der Waals surface area contributed by atoms with Crippen molar-refractivity contribution in [2.75, 3.05) is 46.8 Å². The molecule has 0 aromatic rings. The Hall–Kier alpha value is 0.0900. The van der Waals surface area contributed by atoms with Gasteiger partial charge in [-0.25, -0.2) is 0 Å². The number of hydrogen-bond acceptors (Lipinski definition) is 4. The standard InChI is InChI=1S/C12H23N3S3/c1-4-5-6-14-7-9-15(10-8-14)12(17)18-11(16)13(2)3/h4-10H2,1-3H3. The van der Waals surface area contributed by atoms with Crippen molar-refractivity contribution in [1.82, 2.24) is 14.7 Å². The van der Waals surface area contributed by atoms with E-state index in [4.69, 9.17) is 24.4 Å². The summed E-state index contributed by atoms with van der Waals surface area (Å²) >= 11 is 12.2. The first-order valence-corrected chi connectivity index (χ1v) is 8.08. The van der Waals surface area contributed by atoms with Crippen LogP contribution in [0.2, 0.25) is 0 Å². The lowest BCUT2D eigenvalue weighted by Gasteiger charge is -2.36. The molecule has 0 N–H and O–H groups in total. The molecule has 0 atom stereocenters. The van der Waals surface area contributed by atoms with Gasteiger partial charge in [0.25, 0.3) is 0 Å². The predicted octanol–water partition coefficient (Wildman–Crippen LogP) is 2.27. The lowest BCUT2D eigenvalue weighted by Crippen LogP contribution is -2.48. The van der Waals surface area contributed by atoms with Crippen LogP contribution in [0.1, 0.15) is 19.8 Å². The summed E-state index contributed by atoms with van der Waals surface area (Å²) in [5, 5.41) is 0. The highest BCUT2D eigenvalue weighted by molar-refractivity contribution is 8.37. The highest BCUT2D eigenvalue weighted by atomic mass is 32.2. The van der Waals surface area contributed by atoms with Gasteiger partial charge in [0, 0.05) is 40.3 Å². The summed E-state index contributed by atoms with van der Waals surface area (Å²) in [6.07, 6.45) is 2.56. The maximum atomic E-state index is 5.45. The van der Waals surface area contributed by atoms with Gasteiger partial charge < -0.3 is 9.80 Å². The van der Waals surface area contributed by atoms with Crippen LogP contribution in [0.15, 0.2) is 0 Å². The van der Waals surface area contributed by atoms with Crippen molar-refractivity contribution in [2.24, 2.45) is 0 Å². The molecule has 0 aromatic heterocycles. The van der Waals surface area contributed by atoms with Gasteiger partial charge in [0.1, 0.15) is 8.64 Å². The van der Waals surface area contributed by atoms with E-state index in [2.05, 4.69) is 16.7 Å². The Morgan fingerprint density at radius 3 is 2.28 bits per heavy atom.